The lowest BCUT2D eigenvalue weighted by Crippen LogP contribution is -3.12. The third kappa shape index (κ3) is 5.82. The first kappa shape index (κ1) is 18.2. The third-order valence-corrected chi connectivity index (χ3v) is 3.67. The quantitative estimate of drug-likeness (QED) is 0.752. The van der Waals surface area contributed by atoms with Gasteiger partial charge in [0.05, 0.1) is 33.2 Å². The molecule has 1 fully saturated rings. The second-order valence-electron chi connectivity index (χ2n) is 7.09. The topological polar surface area (TPSA) is 75.1 Å². The van der Waals surface area contributed by atoms with Gasteiger partial charge in [0.2, 0.25) is 0 Å². The predicted octanol–water partition coefficient (Wildman–Crippen LogP) is 0.509. The number of likely N-dealkylation sites (N-methyl/N-ethyl adjacent to an activating group) is 1. The largest absolute Gasteiger partial charge is 0.444 e. The highest BCUT2D eigenvalue weighted by atomic mass is 16.6. The van der Waals surface area contributed by atoms with Gasteiger partial charge < -0.3 is 9.64 Å². The SMILES string of the molecule is C[NH+]1CCN(NC(=O)c2ccc(NC(=O)OC(C)(C)C)cc2)CC1. The summed E-state index contributed by atoms with van der Waals surface area (Å²) in [4.78, 5) is 25.4. The van der Waals surface area contributed by atoms with E-state index in [9.17, 15) is 9.59 Å². The van der Waals surface area contributed by atoms with Crippen LogP contribution in [-0.2, 0) is 4.74 Å². The van der Waals surface area contributed by atoms with Crippen LogP contribution in [0.3, 0.4) is 0 Å². The van der Waals surface area contributed by atoms with E-state index in [-0.39, 0.29) is 5.91 Å². The molecule has 0 aliphatic carbocycles. The Balaban J connectivity index is 1.87. The summed E-state index contributed by atoms with van der Waals surface area (Å²) in [5, 5.41) is 4.59. The number of hydrogen-bond acceptors (Lipinski definition) is 4. The Hall–Kier alpha value is -2.12. The van der Waals surface area contributed by atoms with Gasteiger partial charge in [0.1, 0.15) is 5.60 Å². The van der Waals surface area contributed by atoms with E-state index in [0.717, 1.165) is 26.2 Å². The lowest BCUT2D eigenvalue weighted by Gasteiger charge is -2.30. The smallest absolute Gasteiger partial charge is 0.412 e. The molecule has 1 saturated heterocycles. The van der Waals surface area contributed by atoms with Gasteiger partial charge >= 0.3 is 6.09 Å². The molecule has 0 unspecified atom stereocenters. The number of ether oxygens (including phenoxy) is 1. The number of hydrazine groups is 1. The predicted molar refractivity (Wildman–Crippen MR) is 92.0 cm³/mol. The van der Waals surface area contributed by atoms with Gasteiger partial charge in [-0.1, -0.05) is 0 Å². The van der Waals surface area contributed by atoms with E-state index in [4.69, 9.17) is 4.74 Å². The van der Waals surface area contributed by atoms with E-state index in [1.54, 1.807) is 45.0 Å². The van der Waals surface area contributed by atoms with Crippen LogP contribution in [0.25, 0.3) is 0 Å². The van der Waals surface area contributed by atoms with Crippen LogP contribution in [0.15, 0.2) is 24.3 Å². The maximum Gasteiger partial charge on any atom is 0.412 e. The van der Waals surface area contributed by atoms with Crippen molar-refractivity contribution in [1.29, 1.82) is 0 Å². The van der Waals surface area contributed by atoms with Crippen molar-refractivity contribution < 1.29 is 19.2 Å². The molecule has 1 aliphatic heterocycles. The number of carbonyl (C=O) groups is 2. The van der Waals surface area contributed by atoms with Gasteiger partial charge in [0.15, 0.2) is 0 Å². The Morgan fingerprint density at radius 2 is 1.71 bits per heavy atom. The number of rotatable bonds is 3. The lowest BCUT2D eigenvalue weighted by atomic mass is 10.2. The summed E-state index contributed by atoms with van der Waals surface area (Å²) in [6, 6.07) is 6.74. The van der Waals surface area contributed by atoms with Gasteiger partial charge in [0, 0.05) is 11.3 Å². The maximum absolute atomic E-state index is 12.2. The first-order valence-electron chi connectivity index (χ1n) is 8.20. The highest BCUT2D eigenvalue weighted by molar-refractivity contribution is 5.94. The summed E-state index contributed by atoms with van der Waals surface area (Å²) >= 11 is 0. The minimum absolute atomic E-state index is 0.140. The Bertz CT molecular complexity index is 572. The van der Waals surface area contributed by atoms with Crippen molar-refractivity contribution in [3.05, 3.63) is 29.8 Å². The molecule has 1 heterocycles. The number of carbonyl (C=O) groups excluding carboxylic acids is 2. The molecule has 1 aromatic rings. The van der Waals surface area contributed by atoms with Crippen LogP contribution in [-0.4, -0.2) is 55.8 Å². The number of nitrogens with one attached hydrogen (secondary N) is 3. The molecule has 1 aromatic carbocycles. The molecule has 3 N–H and O–H groups in total. The number of hydrogen-bond donors (Lipinski definition) is 3. The number of amides is 2. The minimum Gasteiger partial charge on any atom is -0.444 e. The molecule has 132 valence electrons. The van der Waals surface area contributed by atoms with Gasteiger partial charge in [-0.15, -0.1) is 0 Å². The van der Waals surface area contributed by atoms with Crippen LogP contribution >= 0.6 is 0 Å². The molecule has 1 aliphatic rings. The van der Waals surface area contributed by atoms with E-state index >= 15 is 0 Å². The zero-order valence-corrected chi connectivity index (χ0v) is 14.8. The molecule has 24 heavy (non-hydrogen) atoms. The van der Waals surface area contributed by atoms with Crippen LogP contribution in [0.2, 0.25) is 0 Å². The number of nitrogens with zero attached hydrogens (tertiary/aromatic N) is 1. The Kier molecular flexibility index (Phi) is 5.80. The molecule has 0 saturated carbocycles. The first-order valence-corrected chi connectivity index (χ1v) is 8.20. The molecule has 7 heteroatoms. The van der Waals surface area contributed by atoms with Crippen LogP contribution in [0.5, 0.6) is 0 Å². The molecule has 7 nitrogen and oxygen atoms in total. The highest BCUT2D eigenvalue weighted by Gasteiger charge is 2.19. The van der Waals surface area contributed by atoms with Crippen LogP contribution in [0.4, 0.5) is 10.5 Å². The van der Waals surface area contributed by atoms with Crippen molar-refractivity contribution >= 4 is 17.7 Å². The zero-order chi connectivity index (χ0) is 17.7. The molecule has 0 spiro atoms. The van der Waals surface area contributed by atoms with E-state index in [1.165, 1.54) is 4.90 Å². The summed E-state index contributed by atoms with van der Waals surface area (Å²) in [6.07, 6.45) is -0.514. The standard InChI is InChI=1S/C17H26N4O3/c1-17(2,3)24-16(23)18-14-7-5-13(6-8-14)15(22)19-21-11-9-20(4)10-12-21/h5-8H,9-12H2,1-4H3,(H,18,23)(H,19,22)/p+1. The van der Waals surface area contributed by atoms with Crippen molar-refractivity contribution in [3.63, 3.8) is 0 Å². The van der Waals surface area contributed by atoms with Crippen molar-refractivity contribution in [2.75, 3.05) is 38.5 Å². The van der Waals surface area contributed by atoms with Crippen LogP contribution in [0.1, 0.15) is 31.1 Å². The average Bonchev–Trinajstić information content (AvgIpc) is 2.48. The van der Waals surface area contributed by atoms with Crippen molar-refractivity contribution in [2.24, 2.45) is 0 Å². The van der Waals surface area contributed by atoms with E-state index in [1.807, 2.05) is 5.01 Å². The van der Waals surface area contributed by atoms with Crippen LogP contribution in [0, 0.1) is 0 Å². The summed E-state index contributed by atoms with van der Waals surface area (Å²) < 4.78 is 5.19. The molecule has 0 radical (unpaired) electrons. The first-order chi connectivity index (χ1) is 11.2. The number of piperazine rings is 1. The second-order valence-corrected chi connectivity index (χ2v) is 7.09. The summed E-state index contributed by atoms with van der Waals surface area (Å²) in [7, 11) is 2.15. The van der Waals surface area contributed by atoms with Crippen molar-refractivity contribution in [3.8, 4) is 0 Å². The number of benzene rings is 1. The molecule has 0 bridgehead atoms. The molecular formula is C17H27N4O3+. The van der Waals surface area contributed by atoms with Gasteiger partial charge in [0.25, 0.3) is 5.91 Å². The van der Waals surface area contributed by atoms with Crippen molar-refractivity contribution in [2.45, 2.75) is 26.4 Å². The average molecular weight is 335 g/mol. The third-order valence-electron chi connectivity index (χ3n) is 3.67. The fourth-order valence-corrected chi connectivity index (χ4v) is 2.33. The van der Waals surface area contributed by atoms with E-state index < -0.39 is 11.7 Å². The molecule has 0 aromatic heterocycles. The van der Waals surface area contributed by atoms with Gasteiger partial charge in [-0.2, -0.15) is 0 Å². The molecular weight excluding hydrogens is 308 g/mol. The molecule has 2 rings (SSSR count). The summed E-state index contributed by atoms with van der Waals surface area (Å²) in [5.74, 6) is -0.140. The Morgan fingerprint density at radius 3 is 2.25 bits per heavy atom. The maximum atomic E-state index is 12.2. The van der Waals surface area contributed by atoms with E-state index in [0.29, 0.717) is 11.3 Å². The minimum atomic E-state index is -0.547. The van der Waals surface area contributed by atoms with Gasteiger partial charge in [-0.3, -0.25) is 15.5 Å². The fraction of sp³-hybridized carbons (Fsp3) is 0.529. The van der Waals surface area contributed by atoms with Crippen LogP contribution < -0.4 is 15.6 Å². The molecule has 0 atom stereocenters. The van der Waals surface area contributed by atoms with E-state index in [2.05, 4.69) is 17.8 Å². The summed E-state index contributed by atoms with van der Waals surface area (Å²) in [6.45, 7) is 9.13. The highest BCUT2D eigenvalue weighted by Crippen LogP contribution is 2.13. The van der Waals surface area contributed by atoms with Crippen molar-refractivity contribution in [1.82, 2.24) is 10.4 Å². The summed E-state index contributed by atoms with van der Waals surface area (Å²) in [5.41, 5.74) is 3.51. The second kappa shape index (κ2) is 7.63. The monoisotopic (exact) mass is 335 g/mol. The zero-order valence-electron chi connectivity index (χ0n) is 14.8. The molecule has 2 amide bonds. The normalized spacial score (nSPS) is 16.5. The number of anilines is 1. The Labute approximate surface area is 142 Å². The fourth-order valence-electron chi connectivity index (χ4n) is 2.33. The van der Waals surface area contributed by atoms with Gasteiger partial charge in [-0.05, 0) is 45.0 Å². The lowest BCUT2D eigenvalue weighted by molar-refractivity contribution is -0.884. The Morgan fingerprint density at radius 1 is 1.12 bits per heavy atom. The number of quaternary nitrogens is 1. The van der Waals surface area contributed by atoms with Gasteiger partial charge in [-0.25, -0.2) is 9.80 Å².